The molecular formula is C73H79ClN8O25. The third kappa shape index (κ3) is 15.6. The van der Waals surface area contributed by atoms with Crippen molar-refractivity contribution in [3.63, 3.8) is 0 Å². The molecule has 9 unspecified atom stereocenters. The van der Waals surface area contributed by atoms with Crippen molar-refractivity contribution in [1.29, 1.82) is 0 Å². The number of nitrogens with two attached hydrogens (primary N) is 2. The number of phenols is 2. The van der Waals surface area contributed by atoms with Crippen molar-refractivity contribution in [3.05, 3.63) is 159 Å². The number of alkyl carbamates (subject to hydrolysis) is 1. The number of phenolic OH excluding ortho intramolecular Hbond substituents is 2. The minimum absolute atomic E-state index is 0.0125. The zero-order chi connectivity index (χ0) is 76.0. The van der Waals surface area contributed by atoms with E-state index in [4.69, 9.17) is 70.4 Å². The van der Waals surface area contributed by atoms with Crippen LogP contribution in [0.1, 0.15) is 96.0 Å². The number of aliphatic hydroxyl groups is 5. The number of carbonyl (C=O) groups excluding carboxylic acids is 6. The van der Waals surface area contributed by atoms with E-state index in [0.717, 1.165) is 12.1 Å². The summed E-state index contributed by atoms with van der Waals surface area (Å²) in [6.07, 6.45) is -17.5. The number of benzene rings is 6. The van der Waals surface area contributed by atoms with Gasteiger partial charge in [-0.05, 0) is 101 Å². The SMILES string of the molecule is COC1C(N)CC(O[C@@H]2c3ccc(c(Cl)c3)Oc3cc4cc(c3O[C@@H]3OC(CO)[C@@H](O)C(CO)C3OC3CC(N)C(O)[C@H](C)O3)Oc3ccc(cc3)[C@H]3OC(=O)N[C@H]3C(=O)N[C@@H](Cc3ccccc3)C(=O)N[C@@H]4C(=O)N[C@@H]3C(=O)N[C@@H]2C(=O)N[C@H](C(=O)O)c2cc(O)cc(O)c2-c2cc3ccc2CO)O[C@H]1C. The highest BCUT2D eigenvalue weighted by atomic mass is 35.5. The van der Waals surface area contributed by atoms with E-state index >= 15 is 19.2 Å². The molecule has 4 saturated heterocycles. The van der Waals surface area contributed by atoms with Crippen molar-refractivity contribution in [2.24, 2.45) is 17.4 Å². The van der Waals surface area contributed by atoms with E-state index in [1.807, 2.05) is 0 Å². The summed E-state index contributed by atoms with van der Waals surface area (Å²) in [4.78, 5) is 106. The van der Waals surface area contributed by atoms with Crippen molar-refractivity contribution in [2.45, 2.75) is 162 Å². The molecule has 0 radical (unpaired) electrons. The number of aromatic hydroxyl groups is 2. The largest absolute Gasteiger partial charge is 0.508 e. The predicted molar refractivity (Wildman–Crippen MR) is 368 cm³/mol. The summed E-state index contributed by atoms with van der Waals surface area (Å²) in [5, 5.41) is 105. The second kappa shape index (κ2) is 31.6. The highest BCUT2D eigenvalue weighted by Crippen LogP contribution is 2.50. The van der Waals surface area contributed by atoms with Gasteiger partial charge in [0.25, 0.3) is 0 Å². The molecule has 6 amide bonds. The van der Waals surface area contributed by atoms with E-state index in [2.05, 4.69) is 31.9 Å². The molecule has 9 aliphatic rings. The summed E-state index contributed by atoms with van der Waals surface area (Å²) in [7, 11) is 1.42. The summed E-state index contributed by atoms with van der Waals surface area (Å²) in [6, 6.07) is 12.8. The first-order valence-electron chi connectivity index (χ1n) is 34.3. The molecule has 21 atom stereocenters. The number of fused-ring (bicyclic) bond motifs is 13. The van der Waals surface area contributed by atoms with Gasteiger partial charge in [0.15, 0.2) is 42.3 Å². The van der Waals surface area contributed by atoms with Crippen LogP contribution in [0.2, 0.25) is 5.02 Å². The highest BCUT2D eigenvalue weighted by Gasteiger charge is 2.51. The smallest absolute Gasteiger partial charge is 0.408 e. The third-order valence-electron chi connectivity index (χ3n) is 20.0. The van der Waals surface area contributed by atoms with Crippen molar-refractivity contribution < 1.29 is 122 Å². The number of hydrogen-bond donors (Lipinski definition) is 16. The lowest BCUT2D eigenvalue weighted by atomic mass is 9.87. The quantitative estimate of drug-likeness (QED) is 0.0786. The van der Waals surface area contributed by atoms with E-state index in [1.54, 1.807) is 44.2 Å². The summed E-state index contributed by atoms with van der Waals surface area (Å²) < 4.78 is 63.9. The van der Waals surface area contributed by atoms with Crippen molar-refractivity contribution in [3.8, 4) is 51.4 Å². The van der Waals surface area contributed by atoms with Gasteiger partial charge in [0.1, 0.15) is 65.5 Å². The maximum absolute atomic E-state index is 16.5. The van der Waals surface area contributed by atoms with Gasteiger partial charge in [-0.15, -0.1) is 0 Å². The highest BCUT2D eigenvalue weighted by molar-refractivity contribution is 6.32. The summed E-state index contributed by atoms with van der Waals surface area (Å²) in [5.74, 6) is -12.0. The number of amides is 6. The van der Waals surface area contributed by atoms with Crippen LogP contribution in [0.5, 0.6) is 40.2 Å². The molecular weight excluding hydrogens is 1420 g/mol. The molecule has 9 heterocycles. The van der Waals surface area contributed by atoms with E-state index < -0.39 is 224 Å². The standard InChI is InChI=1S/C73H79ClN8O25/c1-29-59(88)43(75)24-51(99-29)105-64-41(27-84)60(89)50(28-85)103-72(64)106-65-48-20-36-21-49(65)102-47-16-13-34(19-42(47)74)63(104-52-25-44(76)61(98-3)30(2)100-52)57-70(94)80-56(71(95)96)40-22-37(86)23-46(87)53(40)39-18-33(9-10-35(39)26-83)54(67(91)81-57)79-68(92)55(36)78-66(90)45(17-31-7-5-4-6-8-31)77-69(93)58-62(107-73(97)82-58)32-11-14-38(101-48)15-12-32/h4-16,18-23,29-30,41,43-45,50-52,54-64,72,83-89H,17,24-28,75-76H2,1-3H3,(H,77,93)(H,78,90)(H,79,92)(H,80,94)(H,81,91)(H,82,97)(H,95,96)/t29-,30-,41?,43?,44?,45-,50?,51?,52?,54-,55-,56-,57-,58+,59?,60-,61?,62+,63+,64?,72-/m0/s1. The van der Waals surface area contributed by atoms with Gasteiger partial charge in [0, 0.05) is 61.6 Å². The van der Waals surface area contributed by atoms with Gasteiger partial charge < -0.3 is 132 Å². The van der Waals surface area contributed by atoms with Gasteiger partial charge in [-0.25, -0.2) is 9.59 Å². The Bertz CT molecular complexity index is 4350. The average molecular weight is 1500 g/mol. The number of rotatable bonds is 13. The zero-order valence-electron chi connectivity index (χ0n) is 57.4. The number of hydrogen-bond acceptors (Lipinski definition) is 26. The second-order valence-corrected chi connectivity index (χ2v) is 27.4. The molecule has 34 heteroatoms. The fourth-order valence-corrected chi connectivity index (χ4v) is 14.7. The summed E-state index contributed by atoms with van der Waals surface area (Å²) in [6.45, 7) is 0.690. The summed E-state index contributed by atoms with van der Waals surface area (Å²) in [5.41, 5.74) is 12.2. The maximum Gasteiger partial charge on any atom is 0.408 e. The van der Waals surface area contributed by atoms with Crippen molar-refractivity contribution in [1.82, 2.24) is 31.9 Å². The maximum atomic E-state index is 16.5. The topological polar surface area (TPSA) is 498 Å². The first-order chi connectivity index (χ1) is 51.3. The van der Waals surface area contributed by atoms with Crippen LogP contribution in [0.15, 0.2) is 115 Å². The molecule has 6 aromatic rings. The van der Waals surface area contributed by atoms with Crippen LogP contribution in [0.4, 0.5) is 4.79 Å². The third-order valence-corrected chi connectivity index (χ3v) is 20.3. The number of ether oxygens (including phenoxy) is 10. The first-order valence-corrected chi connectivity index (χ1v) is 34.7. The Morgan fingerprint density at radius 2 is 1.29 bits per heavy atom. The van der Waals surface area contributed by atoms with Gasteiger partial charge in [-0.1, -0.05) is 72.3 Å². The lowest BCUT2D eigenvalue weighted by Crippen LogP contribution is -2.61. The number of aliphatic hydroxyl groups excluding tert-OH is 5. The van der Waals surface area contributed by atoms with Crippen LogP contribution < -0.4 is 57.6 Å². The van der Waals surface area contributed by atoms with E-state index in [1.165, 1.54) is 79.9 Å². The minimum Gasteiger partial charge on any atom is -0.508 e. The Labute approximate surface area is 614 Å². The van der Waals surface area contributed by atoms with E-state index in [9.17, 15) is 55.2 Å². The zero-order valence-corrected chi connectivity index (χ0v) is 58.1. The lowest BCUT2D eigenvalue weighted by Gasteiger charge is -2.46. The Morgan fingerprint density at radius 1 is 0.626 bits per heavy atom. The van der Waals surface area contributed by atoms with Crippen LogP contribution in [-0.4, -0.2) is 195 Å². The molecule has 18 N–H and O–H groups in total. The molecule has 568 valence electrons. The molecule has 0 saturated carbocycles. The van der Waals surface area contributed by atoms with Gasteiger partial charge in [0.05, 0.1) is 55.4 Å². The molecule has 0 spiro atoms. The predicted octanol–water partition coefficient (Wildman–Crippen LogP) is 1.96. The lowest BCUT2D eigenvalue weighted by molar-refractivity contribution is -0.324. The monoisotopic (exact) mass is 1500 g/mol. The molecule has 11 bridgehead atoms. The van der Waals surface area contributed by atoms with Crippen LogP contribution in [0.3, 0.4) is 0 Å². The fourth-order valence-electron chi connectivity index (χ4n) is 14.5. The molecule has 0 aromatic heterocycles. The number of carboxylic acids is 1. The minimum atomic E-state index is -2.20. The second-order valence-electron chi connectivity index (χ2n) is 27.0. The van der Waals surface area contributed by atoms with Crippen molar-refractivity contribution in [2.75, 3.05) is 20.3 Å². The molecule has 33 nitrogen and oxygen atoms in total. The molecule has 6 aromatic carbocycles. The number of carboxylic acid groups (broad SMARTS) is 1. The average Bonchev–Trinajstić information content (AvgIpc) is 1.30. The Kier molecular flexibility index (Phi) is 22.2. The first kappa shape index (κ1) is 75.4. The van der Waals surface area contributed by atoms with Gasteiger partial charge in [0.2, 0.25) is 41.6 Å². The number of carbonyl (C=O) groups is 7. The van der Waals surface area contributed by atoms with Gasteiger partial charge >= 0.3 is 12.1 Å². The Hall–Kier alpha value is -9.82. The van der Waals surface area contributed by atoms with Gasteiger partial charge in [-0.3, -0.25) is 24.0 Å². The van der Waals surface area contributed by atoms with Crippen LogP contribution in [0.25, 0.3) is 11.1 Å². The summed E-state index contributed by atoms with van der Waals surface area (Å²) >= 11 is 7.41. The fraction of sp³-hybridized carbons (Fsp3) is 0.411. The molecule has 0 aliphatic carbocycles. The Balaban J connectivity index is 1.06. The Morgan fingerprint density at radius 3 is 1.97 bits per heavy atom. The molecule has 9 aliphatic heterocycles. The van der Waals surface area contributed by atoms with E-state index in [-0.39, 0.29) is 74.7 Å². The van der Waals surface area contributed by atoms with Crippen LogP contribution in [0, 0.1) is 5.92 Å². The molecule has 15 rings (SSSR count). The number of nitrogens with one attached hydrogen (secondary N) is 6. The number of halogens is 1. The normalized spacial score (nSPS) is 31.5. The molecule has 107 heavy (non-hydrogen) atoms. The van der Waals surface area contributed by atoms with Gasteiger partial charge in [-0.2, -0.15) is 0 Å². The number of aliphatic carboxylic acids is 1. The van der Waals surface area contributed by atoms with E-state index in [0.29, 0.717) is 5.56 Å². The number of methoxy groups -OCH3 is 1. The van der Waals surface area contributed by atoms with Crippen LogP contribution in [-0.2, 0) is 75.0 Å². The molecule has 4 fully saturated rings. The van der Waals surface area contributed by atoms with Crippen LogP contribution >= 0.6 is 11.6 Å². The van der Waals surface area contributed by atoms with Crippen molar-refractivity contribution >= 4 is 53.2 Å².